The highest BCUT2D eigenvalue weighted by molar-refractivity contribution is 6.29. The van der Waals surface area contributed by atoms with Gasteiger partial charge in [0.1, 0.15) is 17.4 Å². The quantitative estimate of drug-likeness (QED) is 0.234. The smallest absolute Gasteiger partial charge is 0.475 e. The van der Waals surface area contributed by atoms with Crippen LogP contribution in [0.4, 0.5) is 27.8 Å². The minimum Gasteiger partial charge on any atom is -0.475 e. The minimum absolute atomic E-state index is 0.122. The number of benzene rings is 1. The van der Waals surface area contributed by atoms with E-state index in [9.17, 15) is 31.5 Å². The molecule has 4 rings (SSSR count). The second-order valence-corrected chi connectivity index (χ2v) is 8.84. The average Bonchev–Trinajstić information content (AvgIpc) is 3.39. The Kier molecular flexibility index (Phi) is 10.4. The molecule has 13 nitrogen and oxygen atoms in total. The number of halogens is 6. The zero-order valence-corrected chi connectivity index (χ0v) is 22.6. The molecule has 3 aromatic heterocycles. The van der Waals surface area contributed by atoms with Crippen molar-refractivity contribution in [1.82, 2.24) is 40.1 Å². The van der Waals surface area contributed by atoms with Gasteiger partial charge in [-0.15, -0.1) is 5.10 Å². The van der Waals surface area contributed by atoms with E-state index < -0.39 is 48.3 Å². The van der Waals surface area contributed by atoms with Crippen molar-refractivity contribution in [2.24, 2.45) is 7.05 Å². The fourth-order valence-corrected chi connectivity index (χ4v) is 3.53. The maximum absolute atomic E-state index is 14.4. The normalized spacial score (nSPS) is 11.3. The number of nitrogens with one attached hydrogen (secondary N) is 2. The van der Waals surface area contributed by atoms with E-state index in [4.69, 9.17) is 21.5 Å². The van der Waals surface area contributed by atoms with E-state index in [1.165, 1.54) is 29.1 Å². The number of aliphatic carboxylic acids is 1. The number of carbonyl (C=O) groups is 2. The molecule has 1 aromatic carbocycles. The predicted molar refractivity (Wildman–Crippen MR) is 140 cm³/mol. The number of aryl methyl sites for hydroxylation is 1. The van der Waals surface area contributed by atoms with Crippen molar-refractivity contribution in [3.05, 3.63) is 81.6 Å². The van der Waals surface area contributed by atoms with Crippen LogP contribution >= 0.6 is 11.6 Å². The van der Waals surface area contributed by atoms with Crippen LogP contribution in [0.5, 0.6) is 0 Å². The number of nitrogens with zero attached hydrogens (tertiary/aromatic N) is 7. The Balaban J connectivity index is 0.000000646. The second-order valence-electron chi connectivity index (χ2n) is 8.46. The van der Waals surface area contributed by atoms with Crippen LogP contribution < -0.4 is 16.2 Å². The number of pyridine rings is 1. The topological polar surface area (TPSA) is 170 Å². The number of tetrazole rings is 1. The third-order valence-electron chi connectivity index (χ3n) is 5.42. The van der Waals surface area contributed by atoms with Crippen LogP contribution in [0.25, 0.3) is 11.4 Å². The number of alkyl halides is 5. The highest BCUT2D eigenvalue weighted by Gasteiger charge is 2.38. The molecule has 0 fully saturated rings. The molecule has 0 atom stereocenters. The van der Waals surface area contributed by atoms with E-state index in [1.54, 1.807) is 19.2 Å². The fourth-order valence-electron chi connectivity index (χ4n) is 3.34. The summed E-state index contributed by atoms with van der Waals surface area (Å²) in [6.45, 7) is -1.24. The Morgan fingerprint density at radius 1 is 1.05 bits per heavy atom. The van der Waals surface area contributed by atoms with Crippen LogP contribution in [-0.4, -0.2) is 64.4 Å². The van der Waals surface area contributed by atoms with Gasteiger partial charge in [-0.25, -0.2) is 14.5 Å². The Morgan fingerprint density at radius 2 is 1.72 bits per heavy atom. The summed E-state index contributed by atoms with van der Waals surface area (Å²) in [5.74, 6) is -6.49. The van der Waals surface area contributed by atoms with Crippen LogP contribution in [-0.2, 0) is 35.6 Å². The van der Waals surface area contributed by atoms with Gasteiger partial charge in [0, 0.05) is 25.4 Å². The van der Waals surface area contributed by atoms with E-state index >= 15 is 0 Å². The van der Waals surface area contributed by atoms with Gasteiger partial charge in [-0.1, -0.05) is 41.9 Å². The molecular weight excluding hydrogens is 609 g/mol. The summed E-state index contributed by atoms with van der Waals surface area (Å²) in [6.07, 6.45) is -2.73. The first-order valence-electron chi connectivity index (χ1n) is 11.9. The lowest BCUT2D eigenvalue weighted by Crippen LogP contribution is -2.35. The zero-order chi connectivity index (χ0) is 31.8. The van der Waals surface area contributed by atoms with Gasteiger partial charge < -0.3 is 15.7 Å². The van der Waals surface area contributed by atoms with E-state index in [2.05, 4.69) is 36.1 Å². The number of carbonyl (C=O) groups excluding carboxylic acids is 1. The molecule has 0 aliphatic rings. The molecule has 0 radical (unpaired) electrons. The molecule has 19 heteroatoms. The van der Waals surface area contributed by atoms with Crippen LogP contribution in [0.15, 0.2) is 59.7 Å². The standard InChI is InChI=1S/C22H20ClF2N9O2.C2HF3O2/c1-33-20(30-31-32-33)15-7-3-2-6-14(15)10-27-18(35)12-34-17(23)11-28-19(21(34)36)29-13-22(24,25)16-8-4-5-9-26-16;3-2(4,5)1(6)7/h2-9,11H,10,12-13H2,1H3,(H,27,35)(H,28,29);(H,6,7). The van der Waals surface area contributed by atoms with Gasteiger partial charge in [0.2, 0.25) is 5.91 Å². The van der Waals surface area contributed by atoms with Crippen LogP contribution in [0.1, 0.15) is 11.3 Å². The third kappa shape index (κ3) is 8.74. The summed E-state index contributed by atoms with van der Waals surface area (Å²) >= 11 is 6.07. The van der Waals surface area contributed by atoms with E-state index in [0.29, 0.717) is 5.82 Å². The molecule has 1 amide bonds. The van der Waals surface area contributed by atoms with Gasteiger partial charge in [0.15, 0.2) is 11.6 Å². The Bertz CT molecular complexity index is 1630. The molecule has 0 saturated heterocycles. The maximum Gasteiger partial charge on any atom is 0.490 e. The first-order valence-corrected chi connectivity index (χ1v) is 12.2. The summed E-state index contributed by atoms with van der Waals surface area (Å²) in [4.78, 5) is 41.8. The van der Waals surface area contributed by atoms with Gasteiger partial charge in [0.25, 0.3) is 5.56 Å². The molecule has 0 aliphatic carbocycles. The maximum atomic E-state index is 14.4. The first-order chi connectivity index (χ1) is 20.2. The number of hydrogen-bond donors (Lipinski definition) is 3. The van der Waals surface area contributed by atoms with E-state index in [0.717, 1.165) is 21.9 Å². The molecule has 0 saturated carbocycles. The van der Waals surface area contributed by atoms with Crippen LogP contribution in [0.3, 0.4) is 0 Å². The number of carboxylic acids is 1. The molecule has 228 valence electrons. The van der Waals surface area contributed by atoms with Crippen LogP contribution in [0, 0.1) is 0 Å². The Hall–Kier alpha value is -5.00. The summed E-state index contributed by atoms with van der Waals surface area (Å²) in [6, 6.07) is 11.4. The molecule has 0 spiro atoms. The second kappa shape index (κ2) is 13.8. The third-order valence-corrected chi connectivity index (χ3v) is 5.72. The van der Waals surface area contributed by atoms with Crippen molar-refractivity contribution in [2.75, 3.05) is 11.9 Å². The van der Waals surface area contributed by atoms with Crippen molar-refractivity contribution in [3.8, 4) is 11.4 Å². The van der Waals surface area contributed by atoms with Crippen molar-refractivity contribution in [1.29, 1.82) is 0 Å². The Labute approximate surface area is 243 Å². The van der Waals surface area contributed by atoms with Crippen molar-refractivity contribution in [3.63, 3.8) is 0 Å². The summed E-state index contributed by atoms with van der Waals surface area (Å²) < 4.78 is 63.0. The van der Waals surface area contributed by atoms with Gasteiger partial charge in [0.05, 0.1) is 12.7 Å². The highest BCUT2D eigenvalue weighted by atomic mass is 35.5. The average molecular weight is 630 g/mol. The molecule has 4 aromatic rings. The lowest BCUT2D eigenvalue weighted by atomic mass is 10.1. The van der Waals surface area contributed by atoms with Crippen molar-refractivity contribution < 1.29 is 36.6 Å². The van der Waals surface area contributed by atoms with Crippen LogP contribution in [0.2, 0.25) is 5.15 Å². The fraction of sp³-hybridized carbons (Fsp3) is 0.250. The van der Waals surface area contributed by atoms with E-state index in [1.807, 2.05) is 12.1 Å². The van der Waals surface area contributed by atoms with E-state index in [-0.39, 0.29) is 17.5 Å². The monoisotopic (exact) mass is 629 g/mol. The largest absolute Gasteiger partial charge is 0.490 e. The summed E-state index contributed by atoms with van der Waals surface area (Å²) in [7, 11) is 1.69. The highest BCUT2D eigenvalue weighted by Crippen LogP contribution is 2.26. The predicted octanol–water partition coefficient (Wildman–Crippen LogP) is 2.64. The number of amides is 1. The Morgan fingerprint density at radius 3 is 2.33 bits per heavy atom. The molecule has 0 aliphatic heterocycles. The lowest BCUT2D eigenvalue weighted by Gasteiger charge is -2.17. The van der Waals surface area contributed by atoms with Gasteiger partial charge in [-0.05, 0) is 28.1 Å². The molecular formula is C24H21ClF5N9O4. The molecule has 43 heavy (non-hydrogen) atoms. The zero-order valence-electron chi connectivity index (χ0n) is 21.9. The number of carboxylic acid groups (broad SMARTS) is 1. The summed E-state index contributed by atoms with van der Waals surface area (Å²) in [5, 5.41) is 23.5. The first kappa shape index (κ1) is 32.5. The molecule has 3 N–H and O–H groups in total. The molecule has 0 bridgehead atoms. The SMILES string of the molecule is Cn1nnnc1-c1ccccc1CNC(=O)Cn1c(Cl)cnc(NCC(F)(F)c2ccccn2)c1=O.O=C(O)C(F)(F)F. The summed E-state index contributed by atoms with van der Waals surface area (Å²) in [5.41, 5.74) is 0.198. The number of hydrogen-bond acceptors (Lipinski definition) is 9. The number of rotatable bonds is 9. The van der Waals surface area contributed by atoms with Gasteiger partial charge in [-0.2, -0.15) is 22.0 Å². The number of aromatic nitrogens is 7. The number of anilines is 1. The molecule has 0 unspecified atom stereocenters. The van der Waals surface area contributed by atoms with Gasteiger partial charge >= 0.3 is 18.1 Å². The lowest BCUT2D eigenvalue weighted by molar-refractivity contribution is -0.192. The minimum atomic E-state index is -5.08. The van der Waals surface area contributed by atoms with Crippen molar-refractivity contribution >= 4 is 29.3 Å². The van der Waals surface area contributed by atoms with Crippen molar-refractivity contribution in [2.45, 2.75) is 25.2 Å². The van der Waals surface area contributed by atoms with Gasteiger partial charge in [-0.3, -0.25) is 19.1 Å². The molecule has 3 heterocycles.